The third-order valence-electron chi connectivity index (χ3n) is 2.71. The molecular formula is C13H21N3O. The molecule has 0 fully saturated rings. The maximum absolute atomic E-state index is 12.0. The van der Waals surface area contributed by atoms with Gasteiger partial charge >= 0.3 is 0 Å². The van der Waals surface area contributed by atoms with Crippen LogP contribution in [0.25, 0.3) is 0 Å². The highest BCUT2D eigenvalue weighted by Gasteiger charge is 2.18. The summed E-state index contributed by atoms with van der Waals surface area (Å²) in [6.07, 6.45) is 4.18. The number of hydrogen-bond acceptors (Lipinski definition) is 3. The van der Waals surface area contributed by atoms with Gasteiger partial charge in [-0.1, -0.05) is 13.8 Å². The molecule has 1 unspecified atom stereocenters. The van der Waals surface area contributed by atoms with Crippen LogP contribution < -0.4 is 11.1 Å². The van der Waals surface area contributed by atoms with E-state index in [1.54, 1.807) is 12.4 Å². The van der Waals surface area contributed by atoms with Crippen LogP contribution in [0.15, 0.2) is 18.5 Å². The minimum absolute atomic E-state index is 0.0164. The van der Waals surface area contributed by atoms with Crippen molar-refractivity contribution in [1.29, 1.82) is 0 Å². The number of carbonyl (C=O) groups excluding carboxylic acids is 1. The van der Waals surface area contributed by atoms with E-state index >= 15 is 0 Å². The van der Waals surface area contributed by atoms with Gasteiger partial charge in [-0.2, -0.15) is 0 Å². The predicted molar refractivity (Wildman–Crippen MR) is 69.6 cm³/mol. The Hall–Kier alpha value is -1.42. The van der Waals surface area contributed by atoms with Crippen molar-refractivity contribution in [3.8, 4) is 0 Å². The first-order valence-corrected chi connectivity index (χ1v) is 5.96. The summed E-state index contributed by atoms with van der Waals surface area (Å²) in [4.78, 5) is 16.0. The van der Waals surface area contributed by atoms with Crippen molar-refractivity contribution in [1.82, 2.24) is 4.98 Å². The molecule has 4 heteroatoms. The van der Waals surface area contributed by atoms with Gasteiger partial charge in [0.1, 0.15) is 0 Å². The standard InChI is InChI=1S/C13H21N3O/c1-9(2)6-11(7-14)13(17)16-12-8-15-5-4-10(12)3/h4-5,8-9,11H,6-7,14H2,1-3H3,(H,16,17). The van der Waals surface area contributed by atoms with E-state index in [4.69, 9.17) is 5.73 Å². The van der Waals surface area contributed by atoms with Crippen LogP contribution in [0.5, 0.6) is 0 Å². The Labute approximate surface area is 103 Å². The van der Waals surface area contributed by atoms with Crippen molar-refractivity contribution in [2.24, 2.45) is 17.6 Å². The van der Waals surface area contributed by atoms with E-state index in [-0.39, 0.29) is 11.8 Å². The predicted octanol–water partition coefficient (Wildman–Crippen LogP) is 1.95. The topological polar surface area (TPSA) is 68.0 Å². The Bertz CT molecular complexity index is 377. The van der Waals surface area contributed by atoms with Crippen LogP contribution in [0.2, 0.25) is 0 Å². The summed E-state index contributed by atoms with van der Waals surface area (Å²) in [6, 6.07) is 1.87. The number of carbonyl (C=O) groups is 1. The molecule has 0 saturated heterocycles. The monoisotopic (exact) mass is 235 g/mol. The molecule has 0 aliphatic heterocycles. The van der Waals surface area contributed by atoms with Crippen LogP contribution in [-0.2, 0) is 4.79 Å². The number of amides is 1. The molecule has 94 valence electrons. The van der Waals surface area contributed by atoms with E-state index in [9.17, 15) is 4.79 Å². The molecule has 17 heavy (non-hydrogen) atoms. The first-order valence-electron chi connectivity index (χ1n) is 5.96. The number of nitrogens with zero attached hydrogens (tertiary/aromatic N) is 1. The van der Waals surface area contributed by atoms with E-state index in [2.05, 4.69) is 24.1 Å². The van der Waals surface area contributed by atoms with Gasteiger partial charge in [-0.15, -0.1) is 0 Å². The largest absolute Gasteiger partial charge is 0.330 e. The molecule has 1 amide bonds. The second-order valence-electron chi connectivity index (χ2n) is 4.74. The lowest BCUT2D eigenvalue weighted by Gasteiger charge is -2.17. The zero-order chi connectivity index (χ0) is 12.8. The van der Waals surface area contributed by atoms with Crippen molar-refractivity contribution in [3.63, 3.8) is 0 Å². The normalized spacial score (nSPS) is 12.5. The van der Waals surface area contributed by atoms with Gasteiger partial charge in [0.25, 0.3) is 0 Å². The van der Waals surface area contributed by atoms with Gasteiger partial charge in [0.2, 0.25) is 5.91 Å². The van der Waals surface area contributed by atoms with Gasteiger partial charge in [0.15, 0.2) is 0 Å². The fourth-order valence-corrected chi connectivity index (χ4v) is 1.71. The molecule has 1 aromatic heterocycles. The molecule has 1 heterocycles. The minimum atomic E-state index is -0.130. The van der Waals surface area contributed by atoms with E-state index in [1.165, 1.54) is 0 Å². The first kappa shape index (κ1) is 13.6. The van der Waals surface area contributed by atoms with Gasteiger partial charge < -0.3 is 11.1 Å². The fourth-order valence-electron chi connectivity index (χ4n) is 1.71. The lowest BCUT2D eigenvalue weighted by molar-refractivity contribution is -0.120. The molecular weight excluding hydrogens is 214 g/mol. The Morgan fingerprint density at radius 2 is 2.24 bits per heavy atom. The highest BCUT2D eigenvalue weighted by Crippen LogP contribution is 2.16. The Balaban J connectivity index is 2.67. The summed E-state index contributed by atoms with van der Waals surface area (Å²) < 4.78 is 0. The van der Waals surface area contributed by atoms with Crippen LogP contribution >= 0.6 is 0 Å². The average Bonchev–Trinajstić information content (AvgIpc) is 2.28. The summed E-state index contributed by atoms with van der Waals surface area (Å²) >= 11 is 0. The lowest BCUT2D eigenvalue weighted by atomic mass is 9.96. The van der Waals surface area contributed by atoms with Crippen LogP contribution in [0.3, 0.4) is 0 Å². The van der Waals surface area contributed by atoms with Gasteiger partial charge in [0, 0.05) is 12.7 Å². The summed E-state index contributed by atoms with van der Waals surface area (Å²) in [5.41, 5.74) is 7.41. The maximum atomic E-state index is 12.0. The molecule has 0 aliphatic rings. The molecule has 1 rings (SSSR count). The fraction of sp³-hybridized carbons (Fsp3) is 0.538. The van der Waals surface area contributed by atoms with Gasteiger partial charge in [-0.25, -0.2) is 0 Å². The third-order valence-corrected chi connectivity index (χ3v) is 2.71. The quantitative estimate of drug-likeness (QED) is 0.819. The SMILES string of the molecule is Cc1ccncc1NC(=O)C(CN)CC(C)C. The van der Waals surface area contributed by atoms with Crippen LogP contribution in [0, 0.1) is 18.8 Å². The number of nitrogens with one attached hydrogen (secondary N) is 1. The summed E-state index contributed by atoms with van der Waals surface area (Å²) in [7, 11) is 0. The second-order valence-corrected chi connectivity index (χ2v) is 4.74. The molecule has 3 N–H and O–H groups in total. The van der Waals surface area contributed by atoms with Crippen molar-refractivity contribution >= 4 is 11.6 Å². The molecule has 0 bridgehead atoms. The molecule has 0 spiro atoms. The summed E-state index contributed by atoms with van der Waals surface area (Å²) in [6.45, 7) is 6.50. The molecule has 0 aromatic carbocycles. The number of aromatic nitrogens is 1. The summed E-state index contributed by atoms with van der Waals surface area (Å²) in [5, 5.41) is 2.89. The highest BCUT2D eigenvalue weighted by atomic mass is 16.1. The molecule has 1 atom stereocenters. The van der Waals surface area contributed by atoms with Gasteiger partial charge in [-0.3, -0.25) is 9.78 Å². The first-order chi connectivity index (χ1) is 8.04. The maximum Gasteiger partial charge on any atom is 0.228 e. The molecule has 0 radical (unpaired) electrons. The van der Waals surface area contributed by atoms with E-state index in [0.29, 0.717) is 12.5 Å². The van der Waals surface area contributed by atoms with Crippen molar-refractivity contribution in [2.75, 3.05) is 11.9 Å². The van der Waals surface area contributed by atoms with Crippen LogP contribution in [0.1, 0.15) is 25.8 Å². The van der Waals surface area contributed by atoms with E-state index < -0.39 is 0 Å². The van der Waals surface area contributed by atoms with E-state index in [0.717, 1.165) is 17.7 Å². The summed E-state index contributed by atoms with van der Waals surface area (Å²) in [5.74, 6) is 0.316. The number of nitrogens with two attached hydrogens (primary N) is 1. The zero-order valence-corrected chi connectivity index (χ0v) is 10.7. The van der Waals surface area contributed by atoms with Gasteiger partial charge in [0.05, 0.1) is 17.8 Å². The van der Waals surface area contributed by atoms with Crippen molar-refractivity contribution in [2.45, 2.75) is 27.2 Å². The Morgan fingerprint density at radius 3 is 2.76 bits per heavy atom. The van der Waals surface area contributed by atoms with Crippen LogP contribution in [-0.4, -0.2) is 17.4 Å². The zero-order valence-electron chi connectivity index (χ0n) is 10.7. The average molecular weight is 235 g/mol. The number of hydrogen-bond donors (Lipinski definition) is 2. The molecule has 4 nitrogen and oxygen atoms in total. The molecule has 0 aliphatic carbocycles. The minimum Gasteiger partial charge on any atom is -0.330 e. The van der Waals surface area contributed by atoms with E-state index in [1.807, 2.05) is 13.0 Å². The number of aryl methyl sites for hydroxylation is 1. The number of anilines is 1. The molecule has 0 saturated carbocycles. The smallest absolute Gasteiger partial charge is 0.228 e. The highest BCUT2D eigenvalue weighted by molar-refractivity contribution is 5.93. The van der Waals surface area contributed by atoms with Crippen LogP contribution in [0.4, 0.5) is 5.69 Å². The number of pyridine rings is 1. The Kier molecular flexibility index (Phi) is 5.10. The van der Waals surface area contributed by atoms with Crippen molar-refractivity contribution < 1.29 is 4.79 Å². The van der Waals surface area contributed by atoms with Crippen molar-refractivity contribution in [3.05, 3.63) is 24.0 Å². The van der Waals surface area contributed by atoms with Gasteiger partial charge in [-0.05, 0) is 30.9 Å². The number of rotatable bonds is 5. The third kappa shape index (κ3) is 4.15. The molecule has 1 aromatic rings. The second kappa shape index (κ2) is 6.35. The lowest BCUT2D eigenvalue weighted by Crippen LogP contribution is -2.30. The Morgan fingerprint density at radius 1 is 1.53 bits per heavy atom.